The second-order valence-corrected chi connectivity index (χ2v) is 4.47. The molecule has 1 aliphatic heterocycles. The highest BCUT2D eigenvalue weighted by Gasteiger charge is 2.33. The lowest BCUT2D eigenvalue weighted by Gasteiger charge is -2.16. The fourth-order valence-corrected chi connectivity index (χ4v) is 2.23. The average molecular weight is 273 g/mol. The van der Waals surface area contributed by atoms with E-state index < -0.39 is 6.03 Å². The van der Waals surface area contributed by atoms with Crippen molar-refractivity contribution in [3.05, 3.63) is 59.8 Å². The number of nitrogens with two attached hydrogens (primary N) is 1. The molecule has 2 N–H and O–H groups in total. The maximum Gasteiger partial charge on any atom is 0.335 e. The highest BCUT2D eigenvalue weighted by atomic mass is 19.1. The summed E-state index contributed by atoms with van der Waals surface area (Å²) in [5.41, 5.74) is 6.76. The molecule has 1 aromatic heterocycles. The van der Waals surface area contributed by atoms with Crippen molar-refractivity contribution in [2.75, 3.05) is 0 Å². The smallest absolute Gasteiger partial charge is 0.335 e. The molecule has 0 aliphatic carbocycles. The van der Waals surface area contributed by atoms with Crippen LogP contribution in [0.15, 0.2) is 52.2 Å². The number of rotatable bonds is 2. The Hall–Kier alpha value is -2.63. The third-order valence-electron chi connectivity index (χ3n) is 3.19. The summed E-state index contributed by atoms with van der Waals surface area (Å²) < 4.78 is 18.3. The first-order valence-corrected chi connectivity index (χ1v) is 6.10. The minimum absolute atomic E-state index is 0.318. The Morgan fingerprint density at radius 3 is 2.70 bits per heavy atom. The van der Waals surface area contributed by atoms with Crippen molar-refractivity contribution in [3.63, 3.8) is 0 Å². The molecule has 2 amide bonds. The third kappa shape index (κ3) is 2.16. The van der Waals surface area contributed by atoms with Gasteiger partial charge in [-0.1, -0.05) is 12.1 Å². The van der Waals surface area contributed by atoms with E-state index in [1.54, 1.807) is 24.3 Å². The van der Waals surface area contributed by atoms with E-state index in [2.05, 4.69) is 5.10 Å². The molecule has 0 bridgehead atoms. The molecule has 0 spiro atoms. The molecular formula is C14H12FN3O2. The SMILES string of the molecule is NC(=O)N1N=C(c2ccc(F)cc2)C[C@H]1c1ccco1. The first kappa shape index (κ1) is 12.4. The second-order valence-electron chi connectivity index (χ2n) is 4.47. The number of halogens is 1. The average Bonchev–Trinajstić information content (AvgIpc) is 3.08. The summed E-state index contributed by atoms with van der Waals surface area (Å²) in [7, 11) is 0. The molecule has 102 valence electrons. The Kier molecular flexibility index (Phi) is 2.98. The molecule has 3 rings (SSSR count). The molecule has 6 heteroatoms. The molecular weight excluding hydrogens is 261 g/mol. The first-order valence-electron chi connectivity index (χ1n) is 6.10. The summed E-state index contributed by atoms with van der Waals surface area (Å²) >= 11 is 0. The van der Waals surface area contributed by atoms with Gasteiger partial charge in [0.05, 0.1) is 12.0 Å². The zero-order chi connectivity index (χ0) is 14.1. The largest absolute Gasteiger partial charge is 0.467 e. The minimum atomic E-state index is -0.650. The van der Waals surface area contributed by atoms with Gasteiger partial charge in [0, 0.05) is 6.42 Å². The number of amides is 2. The van der Waals surface area contributed by atoms with Gasteiger partial charge < -0.3 is 10.2 Å². The van der Waals surface area contributed by atoms with Gasteiger partial charge in [0.1, 0.15) is 17.6 Å². The second kappa shape index (κ2) is 4.80. The Labute approximate surface area is 114 Å². The maximum atomic E-state index is 12.9. The van der Waals surface area contributed by atoms with Crippen LogP contribution in [-0.2, 0) is 0 Å². The molecule has 0 unspecified atom stereocenters. The Bertz CT molecular complexity index is 650. The van der Waals surface area contributed by atoms with Crippen LogP contribution in [0.5, 0.6) is 0 Å². The topological polar surface area (TPSA) is 71.8 Å². The lowest BCUT2D eigenvalue weighted by molar-refractivity contribution is 0.188. The van der Waals surface area contributed by atoms with Gasteiger partial charge in [-0.05, 0) is 29.8 Å². The van der Waals surface area contributed by atoms with Crippen molar-refractivity contribution in [1.82, 2.24) is 5.01 Å². The van der Waals surface area contributed by atoms with Crippen LogP contribution in [0.25, 0.3) is 0 Å². The predicted octanol–water partition coefficient (Wildman–Crippen LogP) is 2.65. The van der Waals surface area contributed by atoms with E-state index in [1.807, 2.05) is 0 Å². The number of urea groups is 1. The van der Waals surface area contributed by atoms with Gasteiger partial charge in [-0.25, -0.2) is 14.2 Å². The summed E-state index contributed by atoms with van der Waals surface area (Å²) in [4.78, 5) is 11.5. The zero-order valence-corrected chi connectivity index (χ0v) is 10.5. The number of hydrogen-bond acceptors (Lipinski definition) is 3. The summed E-state index contributed by atoms with van der Waals surface area (Å²) in [5.74, 6) is 0.298. The zero-order valence-electron chi connectivity index (χ0n) is 10.5. The number of hydrazone groups is 1. The molecule has 0 fully saturated rings. The van der Waals surface area contributed by atoms with Crippen LogP contribution >= 0.6 is 0 Å². The quantitative estimate of drug-likeness (QED) is 0.913. The lowest BCUT2D eigenvalue weighted by Crippen LogP contribution is -2.31. The van der Waals surface area contributed by atoms with Crippen molar-refractivity contribution >= 4 is 11.7 Å². The van der Waals surface area contributed by atoms with Crippen LogP contribution in [0.2, 0.25) is 0 Å². The molecule has 0 radical (unpaired) electrons. The number of furan rings is 1. The number of hydrogen-bond donors (Lipinski definition) is 1. The van der Waals surface area contributed by atoms with Gasteiger partial charge in [-0.3, -0.25) is 0 Å². The fourth-order valence-electron chi connectivity index (χ4n) is 2.23. The van der Waals surface area contributed by atoms with Crippen molar-refractivity contribution in [2.45, 2.75) is 12.5 Å². The number of carbonyl (C=O) groups excluding carboxylic acids is 1. The summed E-state index contributed by atoms with van der Waals surface area (Å²) in [5, 5.41) is 5.41. The van der Waals surface area contributed by atoms with Crippen molar-refractivity contribution in [2.24, 2.45) is 10.8 Å². The third-order valence-corrected chi connectivity index (χ3v) is 3.19. The number of benzene rings is 1. The van der Waals surface area contributed by atoms with Gasteiger partial charge in [-0.2, -0.15) is 5.10 Å². The van der Waals surface area contributed by atoms with Crippen LogP contribution in [0.1, 0.15) is 23.8 Å². The molecule has 1 aliphatic rings. The molecule has 2 heterocycles. The van der Waals surface area contributed by atoms with E-state index in [0.717, 1.165) is 5.56 Å². The van der Waals surface area contributed by atoms with Crippen LogP contribution in [0, 0.1) is 5.82 Å². The molecule has 1 atom stereocenters. The first-order chi connectivity index (χ1) is 9.65. The number of nitrogens with zero attached hydrogens (tertiary/aromatic N) is 2. The van der Waals surface area contributed by atoms with Crippen LogP contribution in [0.3, 0.4) is 0 Å². The summed E-state index contributed by atoms with van der Waals surface area (Å²) in [6.07, 6.45) is 2.01. The van der Waals surface area contributed by atoms with Gasteiger partial charge in [0.25, 0.3) is 0 Å². The molecule has 20 heavy (non-hydrogen) atoms. The van der Waals surface area contributed by atoms with E-state index >= 15 is 0 Å². The Morgan fingerprint density at radius 1 is 1.35 bits per heavy atom. The van der Waals surface area contributed by atoms with Crippen molar-refractivity contribution < 1.29 is 13.6 Å². The molecule has 2 aromatic rings. The Balaban J connectivity index is 1.92. The van der Waals surface area contributed by atoms with Crippen LogP contribution in [-0.4, -0.2) is 16.8 Å². The standard InChI is InChI=1S/C14H12FN3O2/c15-10-5-3-9(4-6-10)11-8-12(13-2-1-7-20-13)18(17-11)14(16)19/h1-7,12H,8H2,(H2,16,19)/t12-/m0/s1. The van der Waals surface area contributed by atoms with Crippen molar-refractivity contribution in [3.8, 4) is 0 Å². The fraction of sp³-hybridized carbons (Fsp3) is 0.143. The van der Waals surface area contributed by atoms with Gasteiger partial charge in [-0.15, -0.1) is 0 Å². The van der Waals surface area contributed by atoms with Crippen LogP contribution < -0.4 is 5.73 Å². The predicted molar refractivity (Wildman–Crippen MR) is 70.4 cm³/mol. The molecule has 5 nitrogen and oxygen atoms in total. The molecule has 0 saturated carbocycles. The molecule has 1 aromatic carbocycles. The number of carbonyl (C=O) groups is 1. The van der Waals surface area contributed by atoms with Gasteiger partial charge in [0.15, 0.2) is 0 Å². The van der Waals surface area contributed by atoms with E-state index in [1.165, 1.54) is 23.4 Å². The van der Waals surface area contributed by atoms with Crippen molar-refractivity contribution in [1.29, 1.82) is 0 Å². The van der Waals surface area contributed by atoms with Gasteiger partial charge in [0.2, 0.25) is 0 Å². The minimum Gasteiger partial charge on any atom is -0.467 e. The highest BCUT2D eigenvalue weighted by Crippen LogP contribution is 2.32. The summed E-state index contributed by atoms with van der Waals surface area (Å²) in [6.45, 7) is 0. The van der Waals surface area contributed by atoms with E-state index in [9.17, 15) is 9.18 Å². The van der Waals surface area contributed by atoms with E-state index in [0.29, 0.717) is 17.9 Å². The van der Waals surface area contributed by atoms with E-state index in [4.69, 9.17) is 10.2 Å². The number of primary amides is 1. The summed E-state index contributed by atoms with van der Waals surface area (Å²) in [6, 6.07) is 8.45. The van der Waals surface area contributed by atoms with E-state index in [-0.39, 0.29) is 11.9 Å². The lowest BCUT2D eigenvalue weighted by atomic mass is 10.0. The monoisotopic (exact) mass is 273 g/mol. The highest BCUT2D eigenvalue weighted by molar-refractivity contribution is 6.02. The molecule has 0 saturated heterocycles. The Morgan fingerprint density at radius 2 is 2.10 bits per heavy atom. The van der Waals surface area contributed by atoms with Gasteiger partial charge >= 0.3 is 6.03 Å². The van der Waals surface area contributed by atoms with Crippen LogP contribution in [0.4, 0.5) is 9.18 Å². The normalized spacial score (nSPS) is 18.1. The maximum absolute atomic E-state index is 12.9.